The molecule has 3 rings (SSSR count). The van der Waals surface area contributed by atoms with Gasteiger partial charge < -0.3 is 15.4 Å². The SMILES string of the molecule is CC(=O)c1cccc2c1OB(O)[C@@H](CC(=O)CN1CC[C@H](N)C1)C2. The standard InChI is InChI=1S/C17H23BN2O4/c1-11(21)16-4-2-3-12-7-13(18(23)24-17(12)16)8-15(22)10-20-6-5-14(19)9-20/h2-4,13-14,23H,5-10,19H2,1H3/t13-,14+/m1/s1. The first-order chi connectivity index (χ1) is 11.4. The number of fused-ring (bicyclic) bond motifs is 1. The molecule has 1 aromatic rings. The van der Waals surface area contributed by atoms with Gasteiger partial charge in [-0.25, -0.2) is 0 Å². The van der Waals surface area contributed by atoms with Gasteiger partial charge in [-0.1, -0.05) is 12.1 Å². The highest BCUT2D eigenvalue weighted by Crippen LogP contribution is 2.36. The van der Waals surface area contributed by atoms with E-state index in [0.29, 0.717) is 24.3 Å². The molecule has 0 spiro atoms. The first kappa shape index (κ1) is 17.1. The van der Waals surface area contributed by atoms with Crippen LogP contribution in [0.5, 0.6) is 5.75 Å². The number of carbonyl (C=O) groups is 2. The molecule has 1 aromatic carbocycles. The molecule has 7 heteroatoms. The van der Waals surface area contributed by atoms with E-state index < -0.39 is 7.12 Å². The lowest BCUT2D eigenvalue weighted by Crippen LogP contribution is -2.37. The summed E-state index contributed by atoms with van der Waals surface area (Å²) >= 11 is 0. The third-order valence-corrected chi connectivity index (χ3v) is 4.80. The lowest BCUT2D eigenvalue weighted by atomic mass is 9.64. The number of benzene rings is 1. The van der Waals surface area contributed by atoms with Crippen molar-refractivity contribution < 1.29 is 19.3 Å². The first-order valence-corrected chi connectivity index (χ1v) is 8.41. The van der Waals surface area contributed by atoms with Gasteiger partial charge >= 0.3 is 7.12 Å². The largest absolute Gasteiger partial charge is 0.535 e. The number of para-hydroxylation sites is 1. The van der Waals surface area contributed by atoms with Gasteiger partial charge in [0.05, 0.1) is 12.1 Å². The van der Waals surface area contributed by atoms with E-state index in [1.54, 1.807) is 12.1 Å². The molecule has 24 heavy (non-hydrogen) atoms. The highest BCUT2D eigenvalue weighted by molar-refractivity contribution is 6.47. The Morgan fingerprint density at radius 2 is 2.25 bits per heavy atom. The van der Waals surface area contributed by atoms with Gasteiger partial charge in [-0.2, -0.15) is 0 Å². The van der Waals surface area contributed by atoms with Crippen LogP contribution in [0.3, 0.4) is 0 Å². The van der Waals surface area contributed by atoms with Crippen LogP contribution in [0.4, 0.5) is 0 Å². The Kier molecular flexibility index (Phi) is 5.03. The Morgan fingerprint density at radius 3 is 2.92 bits per heavy atom. The summed E-state index contributed by atoms with van der Waals surface area (Å²) in [6, 6.07) is 5.53. The van der Waals surface area contributed by atoms with Crippen LogP contribution in [-0.2, 0) is 11.2 Å². The van der Waals surface area contributed by atoms with Gasteiger partial charge in [0.25, 0.3) is 0 Å². The molecule has 0 aliphatic carbocycles. The van der Waals surface area contributed by atoms with Gasteiger partial charge in [0.1, 0.15) is 11.5 Å². The number of carbonyl (C=O) groups excluding carboxylic acids is 2. The van der Waals surface area contributed by atoms with Crippen molar-refractivity contribution in [1.82, 2.24) is 4.90 Å². The average molecular weight is 330 g/mol. The highest BCUT2D eigenvalue weighted by Gasteiger charge is 2.37. The van der Waals surface area contributed by atoms with Crippen molar-refractivity contribution in [2.45, 2.75) is 38.0 Å². The summed E-state index contributed by atoms with van der Waals surface area (Å²) in [6.45, 7) is 3.45. The number of nitrogens with two attached hydrogens (primary N) is 1. The summed E-state index contributed by atoms with van der Waals surface area (Å²) in [7, 11) is -1.07. The monoisotopic (exact) mass is 330 g/mol. The fourth-order valence-corrected chi connectivity index (χ4v) is 3.55. The van der Waals surface area contributed by atoms with Crippen LogP contribution in [0.15, 0.2) is 18.2 Å². The van der Waals surface area contributed by atoms with E-state index in [2.05, 4.69) is 4.90 Å². The fourth-order valence-electron chi connectivity index (χ4n) is 3.55. The average Bonchev–Trinajstić information content (AvgIpc) is 2.92. The second kappa shape index (κ2) is 7.05. The lowest BCUT2D eigenvalue weighted by molar-refractivity contribution is -0.120. The zero-order valence-corrected chi connectivity index (χ0v) is 13.9. The molecule has 2 aliphatic rings. The highest BCUT2D eigenvalue weighted by atomic mass is 16.5. The molecule has 0 radical (unpaired) electrons. The molecule has 2 heterocycles. The molecule has 6 nitrogen and oxygen atoms in total. The molecule has 0 saturated carbocycles. The third-order valence-electron chi connectivity index (χ3n) is 4.80. The molecule has 2 atom stereocenters. The number of Topliss-reactive ketones (excluding diaryl/α,β-unsaturated/α-hetero) is 2. The number of rotatable bonds is 5. The Balaban J connectivity index is 1.65. The summed E-state index contributed by atoms with van der Waals surface area (Å²) in [6.07, 6.45) is 1.71. The van der Waals surface area contributed by atoms with Crippen molar-refractivity contribution in [3.8, 4) is 5.75 Å². The minimum Gasteiger partial charge on any atom is -0.535 e. The molecular weight excluding hydrogens is 307 g/mol. The van der Waals surface area contributed by atoms with Gasteiger partial charge in [-0.05, 0) is 31.4 Å². The predicted molar refractivity (Wildman–Crippen MR) is 91.2 cm³/mol. The van der Waals surface area contributed by atoms with E-state index in [1.807, 2.05) is 6.07 Å². The molecule has 3 N–H and O–H groups in total. The minimum atomic E-state index is -1.07. The number of nitrogens with zero attached hydrogens (tertiary/aromatic N) is 1. The van der Waals surface area contributed by atoms with Gasteiger partial charge in [0.2, 0.25) is 0 Å². The smallest absolute Gasteiger partial charge is 0.526 e. The van der Waals surface area contributed by atoms with Crippen LogP contribution in [0, 0.1) is 0 Å². The van der Waals surface area contributed by atoms with Gasteiger partial charge in [-0.3, -0.25) is 14.5 Å². The van der Waals surface area contributed by atoms with Crippen LogP contribution in [0.1, 0.15) is 35.7 Å². The molecule has 1 saturated heterocycles. The van der Waals surface area contributed by atoms with Crippen molar-refractivity contribution in [1.29, 1.82) is 0 Å². The number of hydrogen-bond donors (Lipinski definition) is 2. The Bertz CT molecular complexity index is 651. The summed E-state index contributed by atoms with van der Waals surface area (Å²) < 4.78 is 5.57. The van der Waals surface area contributed by atoms with Crippen LogP contribution in [0.2, 0.25) is 5.82 Å². The Hall–Kier alpha value is -1.70. The molecular formula is C17H23BN2O4. The lowest BCUT2D eigenvalue weighted by Gasteiger charge is -2.28. The van der Waals surface area contributed by atoms with Crippen molar-refractivity contribution in [3.63, 3.8) is 0 Å². The number of likely N-dealkylation sites (tertiary alicyclic amines) is 1. The summed E-state index contributed by atoms with van der Waals surface area (Å²) in [4.78, 5) is 26.0. The second-order valence-corrected chi connectivity index (χ2v) is 6.85. The zero-order chi connectivity index (χ0) is 17.3. The minimum absolute atomic E-state index is 0.0860. The summed E-state index contributed by atoms with van der Waals surface area (Å²) in [5, 5.41) is 10.3. The normalized spacial score (nSPS) is 23.7. The topological polar surface area (TPSA) is 92.9 Å². The molecule has 1 fully saturated rings. The molecule has 0 unspecified atom stereocenters. The van der Waals surface area contributed by atoms with E-state index in [0.717, 1.165) is 25.1 Å². The third kappa shape index (κ3) is 3.69. The van der Waals surface area contributed by atoms with Crippen LogP contribution < -0.4 is 10.4 Å². The van der Waals surface area contributed by atoms with Crippen molar-refractivity contribution in [2.24, 2.45) is 5.73 Å². The number of hydrogen-bond acceptors (Lipinski definition) is 6. The van der Waals surface area contributed by atoms with E-state index >= 15 is 0 Å². The maximum Gasteiger partial charge on any atom is 0.526 e. The fraction of sp³-hybridized carbons (Fsp3) is 0.529. The van der Waals surface area contributed by atoms with Gasteiger partial charge in [0, 0.05) is 31.4 Å². The van der Waals surface area contributed by atoms with Gasteiger partial charge in [0.15, 0.2) is 5.78 Å². The Labute approximate surface area is 142 Å². The van der Waals surface area contributed by atoms with E-state index in [1.165, 1.54) is 6.92 Å². The van der Waals surface area contributed by atoms with Gasteiger partial charge in [-0.15, -0.1) is 0 Å². The second-order valence-electron chi connectivity index (χ2n) is 6.85. The maximum absolute atomic E-state index is 12.3. The Morgan fingerprint density at radius 1 is 1.46 bits per heavy atom. The van der Waals surface area contributed by atoms with Crippen molar-refractivity contribution >= 4 is 18.7 Å². The molecule has 0 bridgehead atoms. The van der Waals surface area contributed by atoms with E-state index in [9.17, 15) is 14.6 Å². The van der Waals surface area contributed by atoms with E-state index in [4.69, 9.17) is 10.4 Å². The van der Waals surface area contributed by atoms with Crippen molar-refractivity contribution in [3.05, 3.63) is 29.3 Å². The number of ketones is 2. The maximum atomic E-state index is 12.3. The molecule has 0 aromatic heterocycles. The van der Waals surface area contributed by atoms with E-state index in [-0.39, 0.29) is 29.8 Å². The zero-order valence-electron chi connectivity index (χ0n) is 13.9. The molecule has 0 amide bonds. The quantitative estimate of drug-likeness (QED) is 0.609. The predicted octanol–water partition coefficient (Wildman–Crippen LogP) is 0.667. The molecule has 128 valence electrons. The van der Waals surface area contributed by atoms with Crippen molar-refractivity contribution in [2.75, 3.05) is 19.6 Å². The first-order valence-electron chi connectivity index (χ1n) is 8.41. The molecule has 2 aliphatic heterocycles. The van der Waals surface area contributed by atoms with Crippen LogP contribution in [0.25, 0.3) is 0 Å². The summed E-state index contributed by atoms with van der Waals surface area (Å²) in [5.74, 6) is 0.150. The van der Waals surface area contributed by atoms with Crippen LogP contribution >= 0.6 is 0 Å². The summed E-state index contributed by atoms with van der Waals surface area (Å²) in [5.41, 5.74) is 7.20. The van der Waals surface area contributed by atoms with Crippen LogP contribution in [-0.4, -0.2) is 54.3 Å².